The van der Waals surface area contributed by atoms with Crippen LogP contribution in [0.1, 0.15) is 18.4 Å². The Morgan fingerprint density at radius 1 is 1.04 bits per heavy atom. The SMILES string of the molecule is O=C1N[C@H]2[C@@H](COC[C@@H]2N2CCCC2)N(Cc2ccccc2)C1=O. The number of ether oxygens (including phenoxy) is 1. The number of carbonyl (C=O) groups is 2. The third kappa shape index (κ3) is 2.80. The molecular formula is C18H23N3O3. The van der Waals surface area contributed by atoms with Gasteiger partial charge in [-0.1, -0.05) is 30.3 Å². The van der Waals surface area contributed by atoms with E-state index in [1.807, 2.05) is 30.3 Å². The maximum absolute atomic E-state index is 12.5. The number of rotatable bonds is 3. The van der Waals surface area contributed by atoms with Gasteiger partial charge in [0.2, 0.25) is 0 Å². The van der Waals surface area contributed by atoms with Crippen molar-refractivity contribution in [2.75, 3.05) is 26.3 Å². The summed E-state index contributed by atoms with van der Waals surface area (Å²) in [5.41, 5.74) is 1.03. The van der Waals surface area contributed by atoms with Crippen LogP contribution in [0.15, 0.2) is 30.3 Å². The molecule has 2 amide bonds. The lowest BCUT2D eigenvalue weighted by Crippen LogP contribution is -2.72. The second-order valence-electron chi connectivity index (χ2n) is 6.83. The molecule has 0 radical (unpaired) electrons. The zero-order valence-electron chi connectivity index (χ0n) is 13.7. The van der Waals surface area contributed by atoms with Gasteiger partial charge in [-0.25, -0.2) is 0 Å². The van der Waals surface area contributed by atoms with Crippen molar-refractivity contribution in [1.29, 1.82) is 0 Å². The average Bonchev–Trinajstić information content (AvgIpc) is 3.14. The van der Waals surface area contributed by atoms with Gasteiger partial charge < -0.3 is 15.0 Å². The Morgan fingerprint density at radius 3 is 2.50 bits per heavy atom. The van der Waals surface area contributed by atoms with E-state index in [1.54, 1.807) is 4.90 Å². The largest absolute Gasteiger partial charge is 0.378 e. The number of hydrogen-bond donors (Lipinski definition) is 1. The Hall–Kier alpha value is -1.92. The maximum atomic E-state index is 12.5. The van der Waals surface area contributed by atoms with Crippen LogP contribution in [-0.2, 0) is 20.9 Å². The van der Waals surface area contributed by atoms with Gasteiger partial charge in [-0.3, -0.25) is 14.5 Å². The first-order valence-electron chi connectivity index (χ1n) is 8.71. The van der Waals surface area contributed by atoms with Crippen molar-refractivity contribution in [2.45, 2.75) is 37.5 Å². The molecule has 0 aliphatic carbocycles. The highest BCUT2D eigenvalue weighted by Crippen LogP contribution is 2.26. The van der Waals surface area contributed by atoms with Crippen LogP contribution in [0.5, 0.6) is 0 Å². The Morgan fingerprint density at radius 2 is 1.75 bits per heavy atom. The van der Waals surface area contributed by atoms with Crippen LogP contribution in [0.2, 0.25) is 0 Å². The second kappa shape index (κ2) is 6.53. The summed E-state index contributed by atoms with van der Waals surface area (Å²) in [6.45, 7) is 3.63. The maximum Gasteiger partial charge on any atom is 0.312 e. The van der Waals surface area contributed by atoms with Crippen molar-refractivity contribution < 1.29 is 14.3 Å². The van der Waals surface area contributed by atoms with E-state index in [9.17, 15) is 9.59 Å². The molecule has 3 saturated heterocycles. The zero-order valence-corrected chi connectivity index (χ0v) is 13.7. The molecule has 3 aliphatic heterocycles. The van der Waals surface area contributed by atoms with Gasteiger partial charge in [-0.05, 0) is 31.5 Å². The molecule has 0 unspecified atom stereocenters. The van der Waals surface area contributed by atoms with Crippen LogP contribution < -0.4 is 5.32 Å². The number of carbonyl (C=O) groups excluding carboxylic acids is 2. The third-order valence-corrected chi connectivity index (χ3v) is 5.36. The predicted molar refractivity (Wildman–Crippen MR) is 88.1 cm³/mol. The van der Waals surface area contributed by atoms with Crippen molar-refractivity contribution >= 4 is 11.8 Å². The van der Waals surface area contributed by atoms with E-state index in [4.69, 9.17) is 4.74 Å². The molecule has 6 nitrogen and oxygen atoms in total. The lowest BCUT2D eigenvalue weighted by Gasteiger charge is -2.49. The highest BCUT2D eigenvalue weighted by atomic mass is 16.5. The molecule has 1 aromatic rings. The predicted octanol–water partition coefficient (Wildman–Crippen LogP) is 0.377. The zero-order chi connectivity index (χ0) is 16.5. The molecule has 1 aromatic carbocycles. The van der Waals surface area contributed by atoms with Crippen LogP contribution in [0.25, 0.3) is 0 Å². The minimum absolute atomic E-state index is 0.0502. The van der Waals surface area contributed by atoms with Gasteiger partial charge in [-0.2, -0.15) is 0 Å². The standard InChI is InChI=1S/C18H23N3O3/c22-17-18(23)21(10-13-6-2-1-3-7-13)15-12-24-11-14(16(15)19-17)20-8-4-5-9-20/h1-3,6-7,14-16H,4-5,8-12H2,(H,19,22)/t14-,15+,16+/m0/s1. The van der Waals surface area contributed by atoms with Crippen LogP contribution in [0.4, 0.5) is 0 Å². The van der Waals surface area contributed by atoms with Crippen molar-refractivity contribution in [1.82, 2.24) is 15.1 Å². The first-order chi connectivity index (χ1) is 11.7. The summed E-state index contributed by atoms with van der Waals surface area (Å²) in [6, 6.07) is 9.82. The molecule has 0 aromatic heterocycles. The fraction of sp³-hybridized carbons (Fsp3) is 0.556. The molecule has 128 valence electrons. The van der Waals surface area contributed by atoms with Gasteiger partial charge in [0.1, 0.15) is 0 Å². The van der Waals surface area contributed by atoms with E-state index in [2.05, 4.69) is 10.2 Å². The van der Waals surface area contributed by atoms with Crippen LogP contribution in [0, 0.1) is 0 Å². The summed E-state index contributed by atoms with van der Waals surface area (Å²) in [5, 5.41) is 2.96. The normalized spacial score (nSPS) is 31.0. The molecule has 3 heterocycles. The molecule has 3 aliphatic rings. The van der Waals surface area contributed by atoms with Gasteiger partial charge in [0.15, 0.2) is 0 Å². The van der Waals surface area contributed by atoms with Gasteiger partial charge in [-0.15, -0.1) is 0 Å². The van der Waals surface area contributed by atoms with Crippen molar-refractivity contribution in [3.63, 3.8) is 0 Å². The van der Waals surface area contributed by atoms with Crippen LogP contribution in [0.3, 0.4) is 0 Å². The number of hydrogen-bond acceptors (Lipinski definition) is 4. The first kappa shape index (κ1) is 15.6. The Bertz CT molecular complexity index is 615. The summed E-state index contributed by atoms with van der Waals surface area (Å²) < 4.78 is 5.83. The van der Waals surface area contributed by atoms with E-state index >= 15 is 0 Å². The smallest absolute Gasteiger partial charge is 0.312 e. The van der Waals surface area contributed by atoms with Gasteiger partial charge in [0.05, 0.1) is 31.3 Å². The molecule has 0 spiro atoms. The fourth-order valence-corrected chi connectivity index (χ4v) is 4.12. The number of amides is 2. The number of benzene rings is 1. The fourth-order valence-electron chi connectivity index (χ4n) is 4.12. The Balaban J connectivity index is 1.58. The summed E-state index contributed by atoms with van der Waals surface area (Å²) in [6.07, 6.45) is 2.38. The van der Waals surface area contributed by atoms with E-state index < -0.39 is 11.8 Å². The van der Waals surface area contributed by atoms with Crippen molar-refractivity contribution in [3.05, 3.63) is 35.9 Å². The highest BCUT2D eigenvalue weighted by molar-refractivity contribution is 6.35. The summed E-state index contributed by atoms with van der Waals surface area (Å²) in [7, 11) is 0. The highest BCUT2D eigenvalue weighted by Gasteiger charge is 2.48. The number of fused-ring (bicyclic) bond motifs is 1. The topological polar surface area (TPSA) is 61.9 Å². The Kier molecular flexibility index (Phi) is 4.24. The Labute approximate surface area is 141 Å². The molecular weight excluding hydrogens is 306 g/mol. The molecule has 6 heteroatoms. The number of likely N-dealkylation sites (tertiary alicyclic amines) is 1. The summed E-state index contributed by atoms with van der Waals surface area (Å²) in [5.74, 6) is -0.941. The lowest BCUT2D eigenvalue weighted by molar-refractivity contribution is -0.160. The first-order valence-corrected chi connectivity index (χ1v) is 8.71. The second-order valence-corrected chi connectivity index (χ2v) is 6.83. The van der Waals surface area contributed by atoms with Crippen molar-refractivity contribution in [3.8, 4) is 0 Å². The molecule has 4 rings (SSSR count). The van der Waals surface area contributed by atoms with Crippen LogP contribution >= 0.6 is 0 Å². The monoisotopic (exact) mass is 329 g/mol. The summed E-state index contributed by atoms with van der Waals surface area (Å²) in [4.78, 5) is 28.8. The molecule has 0 saturated carbocycles. The van der Waals surface area contributed by atoms with Gasteiger partial charge in [0.25, 0.3) is 0 Å². The lowest BCUT2D eigenvalue weighted by atomic mass is 9.92. The molecule has 1 N–H and O–H groups in total. The quantitative estimate of drug-likeness (QED) is 0.815. The number of piperazine rings is 1. The van der Waals surface area contributed by atoms with Gasteiger partial charge >= 0.3 is 11.8 Å². The van der Waals surface area contributed by atoms with Crippen LogP contribution in [-0.4, -0.2) is 66.0 Å². The summed E-state index contributed by atoms with van der Waals surface area (Å²) >= 11 is 0. The van der Waals surface area contributed by atoms with Gasteiger partial charge in [0, 0.05) is 6.54 Å². The molecule has 24 heavy (non-hydrogen) atoms. The minimum atomic E-state index is -0.488. The average molecular weight is 329 g/mol. The van der Waals surface area contributed by atoms with E-state index in [0.717, 1.165) is 18.7 Å². The van der Waals surface area contributed by atoms with Crippen molar-refractivity contribution in [2.24, 2.45) is 0 Å². The minimum Gasteiger partial charge on any atom is -0.378 e. The van der Waals surface area contributed by atoms with E-state index in [0.29, 0.717) is 19.8 Å². The van der Waals surface area contributed by atoms with E-state index in [1.165, 1.54) is 12.8 Å². The number of nitrogens with zero attached hydrogens (tertiary/aromatic N) is 2. The number of nitrogens with one attached hydrogen (secondary N) is 1. The van der Waals surface area contributed by atoms with E-state index in [-0.39, 0.29) is 18.1 Å². The molecule has 3 fully saturated rings. The molecule has 3 atom stereocenters. The third-order valence-electron chi connectivity index (χ3n) is 5.36. The molecule has 0 bridgehead atoms.